The molecule has 0 heterocycles. The van der Waals surface area contributed by atoms with Crippen LogP contribution >= 0.6 is 7.82 Å². The topological polar surface area (TPSA) is 130 Å². The zero-order valence-electron chi connectivity index (χ0n) is 6.24. The van der Waals surface area contributed by atoms with E-state index in [1.54, 1.807) is 0 Å². The van der Waals surface area contributed by atoms with Crippen molar-refractivity contribution in [1.29, 1.82) is 0 Å². The average molecular weight is 224 g/mol. The molecule has 0 aliphatic heterocycles. The van der Waals surface area contributed by atoms with Crippen LogP contribution in [-0.4, -0.2) is 37.0 Å². The summed E-state index contributed by atoms with van der Waals surface area (Å²) in [4.78, 5) is 15.4. The first-order chi connectivity index (χ1) is 5.12. The van der Waals surface area contributed by atoms with Crippen molar-refractivity contribution in [3.05, 3.63) is 0 Å². The number of phosphoric acid groups is 1. The van der Waals surface area contributed by atoms with Gasteiger partial charge in [-0.1, -0.05) is 0 Å². The van der Waals surface area contributed by atoms with Gasteiger partial charge in [-0.15, -0.1) is 0 Å². The summed E-state index contributed by atoms with van der Waals surface area (Å²) in [5, 5.41) is 0. The quantitative estimate of drug-likeness (QED) is 0.408. The molecule has 0 rings (SSSR count). The number of phosphoric ester groups is 1. The molecule has 0 aromatic rings. The third-order valence-corrected chi connectivity index (χ3v) is 1.35. The standard InChI is InChI=1S/CH5O4P.CH4O4S/c2*1-5-6(2,3)4/h1H3,(H2,2,3,4);1H3,(H,2,3,4). The smallest absolute Gasteiger partial charge is 0.303 e. The Labute approximate surface area is 69.3 Å². The summed E-state index contributed by atoms with van der Waals surface area (Å²) in [5.74, 6) is 0. The van der Waals surface area contributed by atoms with Crippen molar-refractivity contribution >= 4 is 18.2 Å². The Morgan fingerprint density at radius 2 is 1.42 bits per heavy atom. The fourth-order valence-electron chi connectivity index (χ4n) is 0. The van der Waals surface area contributed by atoms with Crippen LogP contribution in [0.4, 0.5) is 0 Å². The first kappa shape index (κ1) is 14.5. The minimum absolute atomic E-state index is 0.870. The molecule has 76 valence electrons. The average Bonchev–Trinajstić information content (AvgIpc) is 1.86. The van der Waals surface area contributed by atoms with Crippen LogP contribution in [0.2, 0.25) is 0 Å². The Bertz CT molecular complexity index is 236. The van der Waals surface area contributed by atoms with Crippen LogP contribution in [0, 0.1) is 0 Å². The van der Waals surface area contributed by atoms with Gasteiger partial charge in [-0.3, -0.25) is 13.3 Å². The van der Waals surface area contributed by atoms with E-state index in [1.165, 1.54) is 0 Å². The predicted molar refractivity (Wildman–Crippen MR) is 37.6 cm³/mol. The summed E-state index contributed by atoms with van der Waals surface area (Å²) in [6, 6.07) is 0. The van der Waals surface area contributed by atoms with Gasteiger partial charge in [0.05, 0.1) is 7.11 Å². The van der Waals surface area contributed by atoms with E-state index in [1.807, 2.05) is 0 Å². The lowest BCUT2D eigenvalue weighted by Crippen LogP contribution is -1.96. The van der Waals surface area contributed by atoms with Crippen LogP contribution < -0.4 is 0 Å². The van der Waals surface area contributed by atoms with Crippen molar-refractivity contribution in [2.24, 2.45) is 0 Å². The first-order valence-electron chi connectivity index (χ1n) is 2.26. The maximum absolute atomic E-state index is 9.47. The van der Waals surface area contributed by atoms with Crippen LogP contribution in [0.5, 0.6) is 0 Å². The van der Waals surface area contributed by atoms with Crippen LogP contribution in [0.3, 0.4) is 0 Å². The van der Waals surface area contributed by atoms with E-state index in [2.05, 4.69) is 8.71 Å². The summed E-state index contributed by atoms with van der Waals surface area (Å²) in [5.41, 5.74) is 0. The molecule has 10 heteroatoms. The van der Waals surface area contributed by atoms with Crippen molar-refractivity contribution in [3.8, 4) is 0 Å². The van der Waals surface area contributed by atoms with Gasteiger partial charge in [0.1, 0.15) is 0 Å². The van der Waals surface area contributed by atoms with Gasteiger partial charge in [-0.05, 0) is 0 Å². The van der Waals surface area contributed by atoms with E-state index >= 15 is 0 Å². The Kier molecular flexibility index (Phi) is 6.76. The monoisotopic (exact) mass is 224 g/mol. The zero-order chi connectivity index (χ0) is 10.4. The summed E-state index contributed by atoms with van der Waals surface area (Å²) in [7, 11) is -6.49. The molecule has 0 spiro atoms. The molecule has 0 saturated carbocycles. The molecule has 0 bridgehead atoms. The van der Waals surface area contributed by atoms with Crippen LogP contribution in [0.15, 0.2) is 0 Å². The summed E-state index contributed by atoms with van der Waals surface area (Å²) < 4.78 is 42.8. The zero-order valence-corrected chi connectivity index (χ0v) is 7.95. The lowest BCUT2D eigenvalue weighted by molar-refractivity contribution is 0.235. The molecule has 0 unspecified atom stereocenters. The van der Waals surface area contributed by atoms with Crippen molar-refractivity contribution in [1.82, 2.24) is 0 Å². The highest BCUT2D eigenvalue weighted by Gasteiger charge is 2.07. The van der Waals surface area contributed by atoms with E-state index in [0.717, 1.165) is 14.2 Å². The third kappa shape index (κ3) is 22.5. The number of hydrogen-bond acceptors (Lipinski definition) is 5. The van der Waals surface area contributed by atoms with Gasteiger partial charge in [-0.25, -0.2) is 4.57 Å². The van der Waals surface area contributed by atoms with E-state index in [-0.39, 0.29) is 0 Å². The minimum Gasteiger partial charge on any atom is -0.303 e. The van der Waals surface area contributed by atoms with Crippen molar-refractivity contribution in [2.75, 3.05) is 14.2 Å². The van der Waals surface area contributed by atoms with E-state index in [4.69, 9.17) is 14.3 Å². The molecule has 0 amide bonds. The molecule has 12 heavy (non-hydrogen) atoms. The molecule has 0 aromatic heterocycles. The Hall–Kier alpha value is -0.0200. The molecule has 3 N–H and O–H groups in total. The van der Waals surface area contributed by atoms with Crippen molar-refractivity contribution in [3.63, 3.8) is 0 Å². The molecule has 0 radical (unpaired) electrons. The van der Waals surface area contributed by atoms with Gasteiger partial charge in [0, 0.05) is 7.11 Å². The number of rotatable bonds is 2. The fraction of sp³-hybridized carbons (Fsp3) is 1.00. The van der Waals surface area contributed by atoms with Crippen molar-refractivity contribution < 1.29 is 36.0 Å². The van der Waals surface area contributed by atoms with E-state index in [9.17, 15) is 13.0 Å². The van der Waals surface area contributed by atoms with Gasteiger partial charge in [0.15, 0.2) is 0 Å². The maximum Gasteiger partial charge on any atom is 0.469 e. The summed E-state index contributed by atoms with van der Waals surface area (Å²) in [6.07, 6.45) is 0. The first-order valence-corrected chi connectivity index (χ1v) is 5.16. The van der Waals surface area contributed by atoms with Crippen molar-refractivity contribution in [2.45, 2.75) is 0 Å². The SMILES string of the molecule is COP(=O)(O)O.COS(=O)(=O)O. The molecular weight excluding hydrogens is 215 g/mol. The lowest BCUT2D eigenvalue weighted by Gasteiger charge is -1.93. The molecule has 0 fully saturated rings. The molecular formula is C2H9O8PS. The molecule has 0 aliphatic rings. The Balaban J connectivity index is 0. The molecule has 0 aliphatic carbocycles. The second-order valence-corrected chi connectivity index (χ2v) is 3.80. The van der Waals surface area contributed by atoms with E-state index < -0.39 is 18.2 Å². The van der Waals surface area contributed by atoms with Gasteiger partial charge >= 0.3 is 18.2 Å². The molecule has 0 aromatic carbocycles. The number of hydrogen-bond donors (Lipinski definition) is 3. The van der Waals surface area contributed by atoms with E-state index in [0.29, 0.717) is 0 Å². The van der Waals surface area contributed by atoms with Gasteiger partial charge in [-0.2, -0.15) is 8.42 Å². The minimum atomic E-state index is -4.16. The largest absolute Gasteiger partial charge is 0.469 e. The van der Waals surface area contributed by atoms with Crippen LogP contribution in [0.1, 0.15) is 0 Å². The second kappa shape index (κ2) is 5.60. The fourth-order valence-corrected chi connectivity index (χ4v) is 0. The van der Waals surface area contributed by atoms with Crippen LogP contribution in [0.25, 0.3) is 0 Å². The molecule has 0 saturated heterocycles. The molecule has 0 atom stereocenters. The maximum atomic E-state index is 9.47. The van der Waals surface area contributed by atoms with Gasteiger partial charge < -0.3 is 9.79 Å². The predicted octanol–water partition coefficient (Wildman–Crippen LogP) is -0.839. The highest BCUT2D eigenvalue weighted by atomic mass is 32.3. The Morgan fingerprint density at radius 1 is 1.25 bits per heavy atom. The Morgan fingerprint density at radius 3 is 1.42 bits per heavy atom. The van der Waals surface area contributed by atoms with Gasteiger partial charge in [0.2, 0.25) is 0 Å². The highest BCUT2D eigenvalue weighted by molar-refractivity contribution is 7.80. The normalized spacial score (nSPS) is 11.8. The van der Waals surface area contributed by atoms with Crippen LogP contribution in [-0.2, 0) is 23.7 Å². The lowest BCUT2D eigenvalue weighted by atomic mass is 11.8. The van der Waals surface area contributed by atoms with Gasteiger partial charge in [0.25, 0.3) is 0 Å². The highest BCUT2D eigenvalue weighted by Crippen LogP contribution is 2.33. The summed E-state index contributed by atoms with van der Waals surface area (Å²) >= 11 is 0. The second-order valence-electron chi connectivity index (χ2n) is 1.27. The molecule has 8 nitrogen and oxygen atoms in total. The third-order valence-electron chi connectivity index (χ3n) is 0.448. The summed E-state index contributed by atoms with van der Waals surface area (Å²) in [6.45, 7) is 0.